The van der Waals surface area contributed by atoms with E-state index in [9.17, 15) is 9.59 Å². The van der Waals surface area contributed by atoms with E-state index in [4.69, 9.17) is 15.6 Å². The van der Waals surface area contributed by atoms with Crippen LogP contribution in [0.4, 0.5) is 11.5 Å². The van der Waals surface area contributed by atoms with E-state index in [-0.39, 0.29) is 30.0 Å². The average molecular weight is 540 g/mol. The summed E-state index contributed by atoms with van der Waals surface area (Å²) in [5.74, 6) is 0.455. The molecular weight excluding hydrogens is 502 g/mol. The van der Waals surface area contributed by atoms with E-state index in [0.29, 0.717) is 17.4 Å². The van der Waals surface area contributed by atoms with Crippen molar-refractivity contribution in [1.82, 2.24) is 14.8 Å². The molecule has 0 radical (unpaired) electrons. The Bertz CT molecular complexity index is 1520. The van der Waals surface area contributed by atoms with Crippen LogP contribution < -0.4 is 10.6 Å². The Morgan fingerprint density at radius 2 is 1.75 bits per heavy atom. The number of aromatic nitrogens is 3. The second kappa shape index (κ2) is 11.5. The third kappa shape index (κ3) is 5.43. The highest BCUT2D eigenvalue weighted by Crippen LogP contribution is 2.33. The van der Waals surface area contributed by atoms with Crippen molar-refractivity contribution in [2.45, 2.75) is 59.4 Å². The second-order valence-corrected chi connectivity index (χ2v) is 11.0. The quantitative estimate of drug-likeness (QED) is 0.272. The smallest absolute Gasteiger partial charge is 0.343 e. The van der Waals surface area contributed by atoms with Crippen LogP contribution in [0.15, 0.2) is 60.9 Å². The highest BCUT2D eigenvalue weighted by atomic mass is 16.5. The Balaban J connectivity index is 1.49. The van der Waals surface area contributed by atoms with Gasteiger partial charge < -0.3 is 10.5 Å². The number of fused-ring (bicyclic) bond motifs is 1. The summed E-state index contributed by atoms with van der Waals surface area (Å²) in [6, 6.07) is 15.6. The predicted molar refractivity (Wildman–Crippen MR) is 158 cm³/mol. The van der Waals surface area contributed by atoms with Gasteiger partial charge in [0.05, 0.1) is 17.8 Å². The lowest BCUT2D eigenvalue weighted by atomic mass is 9.82. The number of pyridine rings is 1. The fourth-order valence-electron chi connectivity index (χ4n) is 5.49. The van der Waals surface area contributed by atoms with E-state index < -0.39 is 5.97 Å². The molecule has 208 valence electrons. The Morgan fingerprint density at radius 1 is 1.05 bits per heavy atom. The number of nitrogens with zero attached hydrogens (tertiary/aromatic N) is 4. The topological polar surface area (TPSA) is 103 Å². The molecule has 8 heteroatoms. The molecule has 40 heavy (non-hydrogen) atoms. The van der Waals surface area contributed by atoms with E-state index >= 15 is 0 Å². The number of esters is 1. The Morgan fingerprint density at radius 3 is 2.42 bits per heavy atom. The predicted octanol–water partition coefficient (Wildman–Crippen LogP) is 6.41. The second-order valence-electron chi connectivity index (χ2n) is 11.0. The van der Waals surface area contributed by atoms with E-state index in [1.807, 2.05) is 56.3 Å². The molecule has 1 saturated carbocycles. The van der Waals surface area contributed by atoms with Crippen molar-refractivity contribution in [2.24, 2.45) is 11.8 Å². The van der Waals surface area contributed by atoms with Gasteiger partial charge in [-0.3, -0.25) is 14.7 Å². The molecule has 1 aliphatic carbocycles. The van der Waals surface area contributed by atoms with Crippen LogP contribution in [0.5, 0.6) is 0 Å². The van der Waals surface area contributed by atoms with Gasteiger partial charge in [0.25, 0.3) is 0 Å². The summed E-state index contributed by atoms with van der Waals surface area (Å²) in [6.07, 6.45) is 7.16. The van der Waals surface area contributed by atoms with Crippen molar-refractivity contribution < 1.29 is 14.3 Å². The van der Waals surface area contributed by atoms with Crippen molar-refractivity contribution in [3.8, 4) is 16.8 Å². The summed E-state index contributed by atoms with van der Waals surface area (Å²) in [6.45, 7) is 8.15. The Hall–Kier alpha value is -4.20. The SMILES string of the molecule is CCOC(=O)c1cn(-c2ccc(-c3ccc4nccc(N)c4c3)cc2)nc1N(C(=O)[C@H]1CC[C@H](C)CC1)C(C)C. The molecule has 2 heterocycles. The summed E-state index contributed by atoms with van der Waals surface area (Å²) in [5.41, 5.74) is 10.8. The monoisotopic (exact) mass is 539 g/mol. The van der Waals surface area contributed by atoms with Gasteiger partial charge in [-0.25, -0.2) is 9.48 Å². The summed E-state index contributed by atoms with van der Waals surface area (Å²) in [4.78, 5) is 32.8. The molecule has 0 aliphatic heterocycles. The molecule has 5 rings (SSSR count). The number of nitrogens with two attached hydrogens (primary N) is 1. The van der Waals surface area contributed by atoms with Crippen LogP contribution in [0.3, 0.4) is 0 Å². The Labute approximate surface area is 235 Å². The van der Waals surface area contributed by atoms with Crippen molar-refractivity contribution in [3.05, 3.63) is 66.5 Å². The minimum Gasteiger partial charge on any atom is -0.462 e. The van der Waals surface area contributed by atoms with Gasteiger partial charge in [-0.05, 0) is 93.8 Å². The molecule has 1 aliphatic rings. The number of ether oxygens (including phenoxy) is 1. The molecule has 2 N–H and O–H groups in total. The highest BCUT2D eigenvalue weighted by Gasteiger charge is 2.34. The van der Waals surface area contributed by atoms with E-state index in [2.05, 4.69) is 11.9 Å². The summed E-state index contributed by atoms with van der Waals surface area (Å²) in [5, 5.41) is 5.70. The van der Waals surface area contributed by atoms with Gasteiger partial charge in [-0.1, -0.05) is 25.1 Å². The van der Waals surface area contributed by atoms with Crippen molar-refractivity contribution in [1.29, 1.82) is 0 Å². The van der Waals surface area contributed by atoms with E-state index in [1.165, 1.54) is 0 Å². The molecule has 0 atom stereocenters. The molecule has 1 fully saturated rings. The number of rotatable bonds is 7. The number of hydrogen-bond donors (Lipinski definition) is 1. The fourth-order valence-corrected chi connectivity index (χ4v) is 5.49. The van der Waals surface area contributed by atoms with Crippen LogP contribution in [0.1, 0.15) is 63.7 Å². The van der Waals surface area contributed by atoms with Gasteiger partial charge in [-0.15, -0.1) is 5.10 Å². The number of hydrogen-bond acceptors (Lipinski definition) is 6. The first-order chi connectivity index (χ1) is 19.3. The minimum absolute atomic E-state index is 0.0260. The number of benzene rings is 2. The third-order valence-electron chi connectivity index (χ3n) is 7.78. The zero-order chi connectivity index (χ0) is 28.4. The third-order valence-corrected chi connectivity index (χ3v) is 7.78. The van der Waals surface area contributed by atoms with Gasteiger partial charge in [-0.2, -0.15) is 0 Å². The molecule has 2 aromatic heterocycles. The maximum atomic E-state index is 13.8. The first kappa shape index (κ1) is 27.4. The molecule has 0 spiro atoms. The summed E-state index contributed by atoms with van der Waals surface area (Å²) < 4.78 is 7.02. The fraction of sp³-hybridized carbons (Fsp3) is 0.375. The maximum Gasteiger partial charge on any atom is 0.343 e. The number of nitrogen functional groups attached to an aromatic ring is 1. The number of amides is 1. The molecule has 8 nitrogen and oxygen atoms in total. The molecule has 0 unspecified atom stereocenters. The number of carbonyl (C=O) groups is 2. The van der Waals surface area contributed by atoms with Crippen molar-refractivity contribution in [3.63, 3.8) is 0 Å². The highest BCUT2D eigenvalue weighted by molar-refractivity contribution is 6.02. The normalized spacial score (nSPS) is 17.2. The van der Waals surface area contributed by atoms with Crippen LogP contribution in [0.2, 0.25) is 0 Å². The van der Waals surface area contributed by atoms with Gasteiger partial charge in [0.2, 0.25) is 5.91 Å². The standard InChI is InChI=1S/C32H37N5O3/c1-5-40-32(39)27-19-36(35-30(27)37(20(2)3)31(38)23-8-6-21(4)7-9-23)25-13-10-22(11-14-25)24-12-15-29-26(18-24)28(33)16-17-34-29/h10-21,23H,5-9H2,1-4H3,(H2,33,34)/t21-,23-. The molecule has 2 aromatic carbocycles. The number of anilines is 2. The summed E-state index contributed by atoms with van der Waals surface area (Å²) in [7, 11) is 0. The van der Waals surface area contributed by atoms with E-state index in [1.54, 1.807) is 35.0 Å². The van der Waals surface area contributed by atoms with Crippen LogP contribution in [-0.4, -0.2) is 39.3 Å². The molecule has 1 amide bonds. The molecule has 0 bridgehead atoms. The minimum atomic E-state index is -0.488. The average Bonchev–Trinajstić information content (AvgIpc) is 3.38. The zero-order valence-corrected chi connectivity index (χ0v) is 23.6. The van der Waals surface area contributed by atoms with Crippen LogP contribution in [0, 0.1) is 11.8 Å². The first-order valence-corrected chi connectivity index (χ1v) is 14.1. The van der Waals surface area contributed by atoms with E-state index in [0.717, 1.165) is 53.4 Å². The zero-order valence-electron chi connectivity index (χ0n) is 23.6. The van der Waals surface area contributed by atoms with Gasteiger partial charge in [0.1, 0.15) is 5.56 Å². The number of carbonyl (C=O) groups excluding carboxylic acids is 2. The molecular formula is C32H37N5O3. The lowest BCUT2D eigenvalue weighted by Gasteiger charge is -2.32. The largest absolute Gasteiger partial charge is 0.462 e. The van der Waals surface area contributed by atoms with Crippen molar-refractivity contribution >= 4 is 34.3 Å². The first-order valence-electron chi connectivity index (χ1n) is 14.1. The van der Waals surface area contributed by atoms with Crippen LogP contribution in [-0.2, 0) is 9.53 Å². The molecule has 4 aromatic rings. The van der Waals surface area contributed by atoms with Gasteiger partial charge >= 0.3 is 5.97 Å². The molecule has 0 saturated heterocycles. The van der Waals surface area contributed by atoms with Crippen LogP contribution >= 0.6 is 0 Å². The Kier molecular flexibility index (Phi) is 7.87. The lowest BCUT2D eigenvalue weighted by molar-refractivity contribution is -0.124. The van der Waals surface area contributed by atoms with Crippen molar-refractivity contribution in [2.75, 3.05) is 17.2 Å². The summed E-state index contributed by atoms with van der Waals surface area (Å²) >= 11 is 0. The van der Waals surface area contributed by atoms with Gasteiger partial charge in [0.15, 0.2) is 5.82 Å². The maximum absolute atomic E-state index is 13.8. The van der Waals surface area contributed by atoms with Crippen LogP contribution in [0.25, 0.3) is 27.7 Å². The lowest BCUT2D eigenvalue weighted by Crippen LogP contribution is -2.43. The van der Waals surface area contributed by atoms with Gasteiger partial charge in [0, 0.05) is 35.4 Å².